The molecule has 4 bridgehead atoms. The molecule has 0 fully saturated rings. The van der Waals surface area contributed by atoms with E-state index in [1.165, 1.54) is 14.0 Å². The number of nitrogens with one attached hydrogen (secondary N) is 3. The van der Waals surface area contributed by atoms with E-state index >= 15 is 0 Å². The Kier molecular flexibility index (Phi) is 13.0. The highest BCUT2D eigenvalue weighted by Crippen LogP contribution is 2.29. The summed E-state index contributed by atoms with van der Waals surface area (Å²) < 4.78 is 19.4. The number of hydrogen-bond acceptors (Lipinski definition) is 10. The number of carbonyl (C=O) groups is 3. The van der Waals surface area contributed by atoms with Crippen LogP contribution >= 0.6 is 0 Å². The molecule has 2 aromatic heterocycles. The van der Waals surface area contributed by atoms with Crippen LogP contribution in [0.25, 0.3) is 11.0 Å². The molecule has 0 aliphatic carbocycles. The summed E-state index contributed by atoms with van der Waals surface area (Å²) in [5.74, 6) is 0.100. The van der Waals surface area contributed by atoms with E-state index in [4.69, 9.17) is 13.9 Å². The second kappa shape index (κ2) is 17.8. The molecule has 0 radical (unpaired) electrons. The monoisotopic (exact) mass is 703 g/mol. The number of fused-ring (bicyclic) bond motifs is 5. The predicted octanol–water partition coefficient (Wildman–Crippen LogP) is 3.42. The smallest absolute Gasteiger partial charge is 0.252 e. The summed E-state index contributed by atoms with van der Waals surface area (Å²) in [6, 6.07) is 12.6. The van der Waals surface area contributed by atoms with Gasteiger partial charge in [-0.15, -0.1) is 5.10 Å². The van der Waals surface area contributed by atoms with Gasteiger partial charge in [0.25, 0.3) is 5.91 Å². The normalized spacial score (nSPS) is 19.8. The lowest BCUT2D eigenvalue weighted by Crippen LogP contribution is -2.57. The molecule has 51 heavy (non-hydrogen) atoms. The minimum atomic E-state index is -1.20. The summed E-state index contributed by atoms with van der Waals surface area (Å²) in [5.41, 5.74) is 1.71. The van der Waals surface area contributed by atoms with E-state index in [1.54, 1.807) is 22.9 Å². The Morgan fingerprint density at radius 3 is 2.55 bits per heavy atom. The highest BCUT2D eigenvalue weighted by atomic mass is 16.5. The van der Waals surface area contributed by atoms with Gasteiger partial charge in [-0.2, -0.15) is 0 Å². The van der Waals surface area contributed by atoms with Crippen molar-refractivity contribution in [3.63, 3.8) is 0 Å². The Morgan fingerprint density at radius 2 is 1.78 bits per heavy atom. The molecule has 3 atom stereocenters. The maximum Gasteiger partial charge on any atom is 0.252 e. The number of rotatable bonds is 6. The number of amides is 3. The van der Waals surface area contributed by atoms with Gasteiger partial charge in [-0.25, -0.2) is 0 Å². The number of para-hydroxylation sites is 1. The summed E-state index contributed by atoms with van der Waals surface area (Å²) in [4.78, 5) is 42.4. The molecule has 1 aliphatic rings. The maximum absolute atomic E-state index is 13.5. The largest absolute Gasteiger partial charge is 0.493 e. The number of aryl methyl sites for hydroxylation is 1. The van der Waals surface area contributed by atoms with E-state index in [-0.39, 0.29) is 18.1 Å². The first-order valence-corrected chi connectivity index (χ1v) is 17.6. The van der Waals surface area contributed by atoms with Crippen LogP contribution < -0.4 is 25.4 Å². The minimum Gasteiger partial charge on any atom is -0.493 e. The van der Waals surface area contributed by atoms with E-state index in [0.717, 1.165) is 42.7 Å². The molecule has 4 N–H and O–H groups in total. The van der Waals surface area contributed by atoms with Crippen LogP contribution in [0.15, 0.2) is 59.1 Å². The quantitative estimate of drug-likeness (QED) is 0.233. The summed E-state index contributed by atoms with van der Waals surface area (Å²) in [5, 5.41) is 28.4. The van der Waals surface area contributed by atoms with E-state index in [9.17, 15) is 19.5 Å². The van der Waals surface area contributed by atoms with Gasteiger partial charge in [-0.1, -0.05) is 37.3 Å². The van der Waals surface area contributed by atoms with Crippen LogP contribution in [0.4, 0.5) is 0 Å². The third-order valence-corrected chi connectivity index (χ3v) is 8.70. The predicted molar refractivity (Wildman–Crippen MR) is 190 cm³/mol. The molecule has 3 heterocycles. The Labute approximate surface area is 297 Å². The second-order valence-electron chi connectivity index (χ2n) is 13.4. The highest BCUT2D eigenvalue weighted by Gasteiger charge is 2.30. The second-order valence-corrected chi connectivity index (χ2v) is 13.4. The van der Waals surface area contributed by atoms with Gasteiger partial charge < -0.3 is 34.9 Å². The number of aliphatic hydroxyl groups is 1. The van der Waals surface area contributed by atoms with Crippen molar-refractivity contribution < 1.29 is 33.4 Å². The van der Waals surface area contributed by atoms with Crippen molar-refractivity contribution in [3.05, 3.63) is 71.7 Å². The third-order valence-electron chi connectivity index (χ3n) is 8.70. The van der Waals surface area contributed by atoms with Crippen molar-refractivity contribution >= 4 is 28.7 Å². The molecule has 2 aromatic carbocycles. The zero-order chi connectivity index (χ0) is 36.3. The molecule has 14 heteroatoms. The van der Waals surface area contributed by atoms with E-state index in [0.29, 0.717) is 49.7 Å². The fourth-order valence-corrected chi connectivity index (χ4v) is 6.04. The molecule has 5 rings (SSSR count). The summed E-state index contributed by atoms with van der Waals surface area (Å²) in [6.07, 6.45) is 3.27. The molecule has 3 amide bonds. The highest BCUT2D eigenvalue weighted by molar-refractivity contribution is 5.99. The number of benzene rings is 2. The van der Waals surface area contributed by atoms with Crippen LogP contribution in [0.5, 0.6) is 11.5 Å². The molecule has 274 valence electrons. The minimum absolute atomic E-state index is 0.0429. The number of furan rings is 1. The van der Waals surface area contributed by atoms with Crippen LogP contribution in [-0.4, -0.2) is 87.7 Å². The van der Waals surface area contributed by atoms with E-state index in [2.05, 4.69) is 37.2 Å². The first-order chi connectivity index (χ1) is 24.6. The number of aromatic nitrogens is 3. The van der Waals surface area contributed by atoms with Crippen LogP contribution in [-0.2, 0) is 29.3 Å². The lowest BCUT2D eigenvalue weighted by molar-refractivity contribution is -0.132. The average Bonchev–Trinajstić information content (AvgIpc) is 3.74. The van der Waals surface area contributed by atoms with Gasteiger partial charge in [-0.3, -0.25) is 24.0 Å². The molecule has 0 saturated heterocycles. The molecule has 0 spiro atoms. The topological polar surface area (TPSA) is 173 Å². The van der Waals surface area contributed by atoms with E-state index in [1.807, 2.05) is 44.3 Å². The zero-order valence-corrected chi connectivity index (χ0v) is 29.8. The first-order valence-electron chi connectivity index (χ1n) is 17.6. The lowest BCUT2D eigenvalue weighted by Gasteiger charge is -2.26. The number of nitrogens with zero attached hydrogens (tertiary/aromatic N) is 4. The van der Waals surface area contributed by atoms with Gasteiger partial charge in [0.2, 0.25) is 11.8 Å². The molecular weight excluding hydrogens is 654 g/mol. The molecule has 0 unspecified atom stereocenters. The zero-order valence-electron chi connectivity index (χ0n) is 29.8. The SMILES string of the molecule is COc1ccc2cc1OCc1cn(nn1)CCCN(Cc1cc3ccccc3o1)CCCCNC(=O)[C@H]([C@@H](C)O)NC(=O)[C@@H](CC(C)C)NC2=O. The molecule has 1 aliphatic heterocycles. The van der Waals surface area contributed by atoms with Gasteiger partial charge in [-0.05, 0) is 75.4 Å². The van der Waals surface area contributed by atoms with Crippen LogP contribution in [0, 0.1) is 5.92 Å². The molecule has 14 nitrogen and oxygen atoms in total. The molecule has 0 saturated carbocycles. The molecular formula is C37H49N7O7. The number of carbonyl (C=O) groups excluding carboxylic acids is 3. The van der Waals surface area contributed by atoms with Gasteiger partial charge in [0, 0.05) is 30.6 Å². The summed E-state index contributed by atoms with van der Waals surface area (Å²) in [7, 11) is 1.51. The van der Waals surface area contributed by atoms with Gasteiger partial charge in [0.05, 0.1) is 26.0 Å². The summed E-state index contributed by atoms with van der Waals surface area (Å²) >= 11 is 0. The van der Waals surface area contributed by atoms with Crippen molar-refractivity contribution in [2.45, 2.75) is 84.3 Å². The lowest BCUT2D eigenvalue weighted by atomic mass is 10.0. The van der Waals surface area contributed by atoms with Crippen molar-refractivity contribution in [3.8, 4) is 11.5 Å². The Hall–Kier alpha value is -4.95. The standard InChI is InChI=1S/C37H49N7O7/c1-24(2)18-30-36(47)40-34(25(3)45)37(48)38-14-7-8-15-43(22-29-19-26-10-5-6-11-31(26)51-29)16-9-17-44-21-28(41-42-44)23-50-33-20-27(35(46)39-30)12-13-32(33)49-4/h5-6,10-13,19-21,24-25,30,34,45H,7-9,14-18,22-23H2,1-4H3,(H,38,48)(H,39,46)(H,40,47)/t25-,30-,34+/m1/s1. The van der Waals surface area contributed by atoms with Crippen LogP contribution in [0.3, 0.4) is 0 Å². The Morgan fingerprint density at radius 1 is 0.980 bits per heavy atom. The van der Waals surface area contributed by atoms with Gasteiger partial charge in [0.1, 0.15) is 35.7 Å². The van der Waals surface area contributed by atoms with E-state index < -0.39 is 35.9 Å². The fraction of sp³-hybridized carbons (Fsp3) is 0.486. The van der Waals surface area contributed by atoms with Crippen LogP contribution in [0.2, 0.25) is 0 Å². The number of hydrogen-bond donors (Lipinski definition) is 4. The molecule has 4 aromatic rings. The number of aliphatic hydroxyl groups excluding tert-OH is 1. The van der Waals surface area contributed by atoms with Gasteiger partial charge >= 0.3 is 0 Å². The average molecular weight is 704 g/mol. The first kappa shape index (κ1) is 37.3. The fourth-order valence-electron chi connectivity index (χ4n) is 6.04. The van der Waals surface area contributed by atoms with Gasteiger partial charge in [0.15, 0.2) is 11.5 Å². The number of ether oxygens (including phenoxy) is 2. The van der Waals surface area contributed by atoms with Crippen molar-refractivity contribution in [2.24, 2.45) is 5.92 Å². The third kappa shape index (κ3) is 10.5. The van der Waals surface area contributed by atoms with Crippen LogP contribution in [0.1, 0.15) is 68.3 Å². The Bertz CT molecular complexity index is 1740. The van der Waals surface area contributed by atoms with Crippen molar-refractivity contribution in [2.75, 3.05) is 26.7 Å². The van der Waals surface area contributed by atoms with Crippen molar-refractivity contribution in [1.82, 2.24) is 35.8 Å². The van der Waals surface area contributed by atoms with Crippen molar-refractivity contribution in [1.29, 1.82) is 0 Å². The number of methoxy groups -OCH3 is 1. The maximum atomic E-state index is 13.5. The Balaban J connectivity index is 1.35. The summed E-state index contributed by atoms with van der Waals surface area (Å²) in [6.45, 7) is 8.57.